The molecule has 1 saturated heterocycles. The molecule has 0 aromatic heterocycles. The molecule has 2 rings (SSSR count). The molecule has 0 saturated carbocycles. The second-order valence-electron chi connectivity index (χ2n) is 5.26. The molecule has 1 fully saturated rings. The van der Waals surface area contributed by atoms with Crippen LogP contribution in [0.25, 0.3) is 0 Å². The van der Waals surface area contributed by atoms with Gasteiger partial charge in [-0.15, -0.1) is 0 Å². The SMILES string of the molecule is CCCCc1ccccc1COC1CCCN1C(=O)O. The summed E-state index contributed by atoms with van der Waals surface area (Å²) in [5.74, 6) is 0. The van der Waals surface area contributed by atoms with E-state index < -0.39 is 6.09 Å². The minimum Gasteiger partial charge on any atom is -0.465 e. The van der Waals surface area contributed by atoms with Crippen LogP contribution in [0.1, 0.15) is 43.7 Å². The maximum Gasteiger partial charge on any atom is 0.409 e. The van der Waals surface area contributed by atoms with Gasteiger partial charge in [0, 0.05) is 6.54 Å². The summed E-state index contributed by atoms with van der Waals surface area (Å²) < 4.78 is 5.83. The van der Waals surface area contributed by atoms with E-state index >= 15 is 0 Å². The van der Waals surface area contributed by atoms with Crippen LogP contribution in [0, 0.1) is 0 Å². The van der Waals surface area contributed by atoms with Gasteiger partial charge >= 0.3 is 6.09 Å². The van der Waals surface area contributed by atoms with E-state index in [-0.39, 0.29) is 6.23 Å². The fraction of sp³-hybridized carbons (Fsp3) is 0.562. The Morgan fingerprint density at radius 1 is 1.40 bits per heavy atom. The molecule has 1 amide bonds. The lowest BCUT2D eigenvalue weighted by Gasteiger charge is -2.22. The van der Waals surface area contributed by atoms with Crippen LogP contribution >= 0.6 is 0 Å². The highest BCUT2D eigenvalue weighted by Gasteiger charge is 2.29. The van der Waals surface area contributed by atoms with E-state index in [0.29, 0.717) is 13.2 Å². The van der Waals surface area contributed by atoms with E-state index in [1.54, 1.807) is 0 Å². The van der Waals surface area contributed by atoms with Crippen LogP contribution in [0.15, 0.2) is 24.3 Å². The van der Waals surface area contributed by atoms with Crippen LogP contribution in [0.4, 0.5) is 4.79 Å². The lowest BCUT2D eigenvalue weighted by atomic mass is 10.0. The van der Waals surface area contributed by atoms with E-state index in [9.17, 15) is 4.79 Å². The fourth-order valence-corrected chi connectivity index (χ4v) is 2.62. The third-order valence-electron chi connectivity index (χ3n) is 3.79. The first-order valence-corrected chi connectivity index (χ1v) is 7.40. The number of amides is 1. The summed E-state index contributed by atoms with van der Waals surface area (Å²) in [4.78, 5) is 12.5. The van der Waals surface area contributed by atoms with Crippen LogP contribution in [-0.4, -0.2) is 28.9 Å². The van der Waals surface area contributed by atoms with Gasteiger partial charge in [-0.1, -0.05) is 37.6 Å². The quantitative estimate of drug-likeness (QED) is 0.863. The number of carboxylic acid groups (broad SMARTS) is 1. The average Bonchev–Trinajstić information content (AvgIpc) is 2.92. The highest BCUT2D eigenvalue weighted by Crippen LogP contribution is 2.21. The molecule has 1 unspecified atom stereocenters. The van der Waals surface area contributed by atoms with E-state index in [1.807, 2.05) is 12.1 Å². The summed E-state index contributed by atoms with van der Waals surface area (Å²) >= 11 is 0. The minimum atomic E-state index is -0.883. The van der Waals surface area contributed by atoms with Crippen molar-refractivity contribution >= 4 is 6.09 Å². The Morgan fingerprint density at radius 2 is 2.15 bits per heavy atom. The largest absolute Gasteiger partial charge is 0.465 e. The number of unbranched alkanes of at least 4 members (excludes halogenated alkanes) is 1. The maximum atomic E-state index is 11.1. The summed E-state index contributed by atoms with van der Waals surface area (Å²) in [5, 5.41) is 9.10. The first-order valence-electron chi connectivity index (χ1n) is 7.40. The maximum absolute atomic E-state index is 11.1. The molecule has 4 nitrogen and oxygen atoms in total. The van der Waals surface area contributed by atoms with Gasteiger partial charge in [0.2, 0.25) is 0 Å². The van der Waals surface area contributed by atoms with E-state index in [4.69, 9.17) is 9.84 Å². The monoisotopic (exact) mass is 277 g/mol. The summed E-state index contributed by atoms with van der Waals surface area (Å²) in [5.41, 5.74) is 2.49. The lowest BCUT2D eigenvalue weighted by Crippen LogP contribution is -2.35. The third-order valence-corrected chi connectivity index (χ3v) is 3.79. The first-order chi connectivity index (χ1) is 9.72. The molecule has 1 aliphatic heterocycles. The zero-order valence-electron chi connectivity index (χ0n) is 12.0. The number of hydrogen-bond donors (Lipinski definition) is 1. The summed E-state index contributed by atoms with van der Waals surface area (Å²) in [6.45, 7) is 3.26. The molecule has 1 N–H and O–H groups in total. The fourth-order valence-electron chi connectivity index (χ4n) is 2.62. The van der Waals surface area contributed by atoms with Crippen molar-refractivity contribution < 1.29 is 14.6 Å². The number of hydrogen-bond acceptors (Lipinski definition) is 2. The van der Waals surface area contributed by atoms with Crippen molar-refractivity contribution in [2.24, 2.45) is 0 Å². The van der Waals surface area contributed by atoms with Gasteiger partial charge < -0.3 is 9.84 Å². The Labute approximate surface area is 120 Å². The number of carbonyl (C=O) groups is 1. The summed E-state index contributed by atoms with van der Waals surface area (Å²) in [6.07, 6.45) is 3.91. The highest BCUT2D eigenvalue weighted by molar-refractivity contribution is 5.65. The standard InChI is InChI=1S/C16H23NO3/c1-2-3-7-13-8-4-5-9-14(13)12-20-15-10-6-11-17(15)16(18)19/h4-5,8-9,15H,2-3,6-7,10-12H2,1H3,(H,18,19). The number of aryl methyl sites for hydroxylation is 1. The summed E-state index contributed by atoms with van der Waals surface area (Å²) in [7, 11) is 0. The zero-order valence-corrected chi connectivity index (χ0v) is 12.0. The van der Waals surface area contributed by atoms with E-state index in [0.717, 1.165) is 19.3 Å². The van der Waals surface area contributed by atoms with Gasteiger partial charge in [0.15, 0.2) is 0 Å². The number of likely N-dealkylation sites (tertiary alicyclic amines) is 1. The van der Waals surface area contributed by atoms with Crippen molar-refractivity contribution in [2.75, 3.05) is 6.54 Å². The van der Waals surface area contributed by atoms with Gasteiger partial charge in [0.25, 0.3) is 0 Å². The normalized spacial score (nSPS) is 18.4. The van der Waals surface area contributed by atoms with Gasteiger partial charge in [-0.05, 0) is 36.8 Å². The minimum absolute atomic E-state index is 0.285. The van der Waals surface area contributed by atoms with Crippen molar-refractivity contribution in [2.45, 2.75) is 51.9 Å². The predicted molar refractivity (Wildman–Crippen MR) is 77.6 cm³/mol. The van der Waals surface area contributed by atoms with Crippen LogP contribution in [-0.2, 0) is 17.8 Å². The van der Waals surface area contributed by atoms with E-state index in [1.165, 1.54) is 28.9 Å². The second-order valence-corrected chi connectivity index (χ2v) is 5.26. The zero-order chi connectivity index (χ0) is 14.4. The highest BCUT2D eigenvalue weighted by atomic mass is 16.5. The molecular weight excluding hydrogens is 254 g/mol. The van der Waals surface area contributed by atoms with Crippen LogP contribution in [0.3, 0.4) is 0 Å². The number of benzene rings is 1. The molecule has 4 heteroatoms. The molecule has 1 atom stereocenters. The molecule has 110 valence electrons. The molecule has 0 spiro atoms. The topological polar surface area (TPSA) is 49.8 Å². The third kappa shape index (κ3) is 3.73. The van der Waals surface area contributed by atoms with Crippen LogP contribution in [0.5, 0.6) is 0 Å². The van der Waals surface area contributed by atoms with Gasteiger partial charge in [0.1, 0.15) is 6.23 Å². The number of nitrogens with zero attached hydrogens (tertiary/aromatic N) is 1. The molecule has 20 heavy (non-hydrogen) atoms. The molecule has 1 aliphatic rings. The van der Waals surface area contributed by atoms with Crippen LogP contribution in [0.2, 0.25) is 0 Å². The van der Waals surface area contributed by atoms with Gasteiger partial charge in [-0.3, -0.25) is 4.90 Å². The molecule has 0 aliphatic carbocycles. The van der Waals surface area contributed by atoms with Crippen molar-refractivity contribution in [3.05, 3.63) is 35.4 Å². The Kier molecular flexibility index (Phi) is 5.41. The van der Waals surface area contributed by atoms with E-state index in [2.05, 4.69) is 19.1 Å². The summed E-state index contributed by atoms with van der Waals surface area (Å²) in [6, 6.07) is 8.27. The Morgan fingerprint density at radius 3 is 2.85 bits per heavy atom. The Bertz CT molecular complexity index is 447. The number of ether oxygens (including phenoxy) is 1. The molecule has 1 aromatic carbocycles. The molecule has 0 bridgehead atoms. The Hall–Kier alpha value is -1.55. The first kappa shape index (κ1) is 14.9. The Balaban J connectivity index is 1.95. The van der Waals surface area contributed by atoms with Gasteiger partial charge in [0.05, 0.1) is 6.61 Å². The molecule has 1 heterocycles. The second kappa shape index (κ2) is 7.29. The van der Waals surface area contributed by atoms with Gasteiger partial charge in [-0.25, -0.2) is 4.79 Å². The van der Waals surface area contributed by atoms with Gasteiger partial charge in [-0.2, -0.15) is 0 Å². The number of rotatable bonds is 6. The van der Waals surface area contributed by atoms with Crippen molar-refractivity contribution in [3.63, 3.8) is 0 Å². The van der Waals surface area contributed by atoms with Crippen molar-refractivity contribution in [1.82, 2.24) is 4.90 Å². The van der Waals surface area contributed by atoms with Crippen molar-refractivity contribution in [3.8, 4) is 0 Å². The average molecular weight is 277 g/mol. The predicted octanol–water partition coefficient (Wildman–Crippen LogP) is 3.65. The van der Waals surface area contributed by atoms with Crippen molar-refractivity contribution in [1.29, 1.82) is 0 Å². The lowest BCUT2D eigenvalue weighted by molar-refractivity contribution is -0.0353. The van der Waals surface area contributed by atoms with Crippen LogP contribution < -0.4 is 0 Å². The smallest absolute Gasteiger partial charge is 0.409 e. The molecule has 1 aromatic rings. The molecule has 0 radical (unpaired) electrons. The molecular formula is C16H23NO3.